The molecule has 0 heterocycles. The largest absolute Gasteiger partial charge is 0.376 e. The fourth-order valence-corrected chi connectivity index (χ4v) is 1.88. The lowest BCUT2D eigenvalue weighted by Crippen LogP contribution is -2.19. The highest BCUT2D eigenvalue weighted by Gasteiger charge is 2.08. The molecule has 0 saturated carbocycles. The summed E-state index contributed by atoms with van der Waals surface area (Å²) >= 11 is 0. The van der Waals surface area contributed by atoms with Gasteiger partial charge in [-0.3, -0.25) is 0 Å². The van der Waals surface area contributed by atoms with Crippen molar-refractivity contribution in [2.24, 2.45) is 5.92 Å². The van der Waals surface area contributed by atoms with Crippen molar-refractivity contribution >= 4 is 0 Å². The van der Waals surface area contributed by atoms with E-state index in [1.807, 2.05) is 0 Å². The van der Waals surface area contributed by atoms with Crippen LogP contribution >= 0.6 is 0 Å². The first kappa shape index (κ1) is 13.5. The molecule has 1 rings (SSSR count). The molecule has 0 aromatic heterocycles. The summed E-state index contributed by atoms with van der Waals surface area (Å²) in [6, 6.07) is 0. The molecule has 0 amide bonds. The highest BCUT2D eigenvalue weighted by molar-refractivity contribution is 5.17. The smallest absolute Gasteiger partial charge is 0.0598 e. The van der Waals surface area contributed by atoms with Crippen molar-refractivity contribution in [3.8, 4) is 0 Å². The van der Waals surface area contributed by atoms with Gasteiger partial charge in [0.15, 0.2) is 0 Å². The SMILES string of the molecule is CC(C)(C)OCCCCCCC1C=CC=C1. The summed E-state index contributed by atoms with van der Waals surface area (Å²) in [7, 11) is 0. The van der Waals surface area contributed by atoms with Crippen molar-refractivity contribution < 1.29 is 4.74 Å². The topological polar surface area (TPSA) is 9.23 Å². The van der Waals surface area contributed by atoms with Gasteiger partial charge in [-0.05, 0) is 39.5 Å². The molecule has 1 heteroatoms. The normalized spacial score (nSPS) is 16.2. The molecule has 0 fully saturated rings. The Morgan fingerprint density at radius 1 is 0.938 bits per heavy atom. The van der Waals surface area contributed by atoms with Crippen molar-refractivity contribution in [2.45, 2.75) is 58.5 Å². The molecular weight excluding hydrogens is 196 g/mol. The van der Waals surface area contributed by atoms with Crippen LogP contribution in [0.25, 0.3) is 0 Å². The van der Waals surface area contributed by atoms with Crippen LogP contribution in [0, 0.1) is 5.92 Å². The lowest BCUT2D eigenvalue weighted by Gasteiger charge is -2.19. The lowest BCUT2D eigenvalue weighted by atomic mass is 10.0. The van der Waals surface area contributed by atoms with E-state index < -0.39 is 0 Å². The molecule has 1 nitrogen and oxygen atoms in total. The van der Waals surface area contributed by atoms with Gasteiger partial charge in [0.2, 0.25) is 0 Å². The third-order valence-corrected chi connectivity index (χ3v) is 2.79. The number of unbranched alkanes of at least 4 members (excludes halogenated alkanes) is 3. The first-order chi connectivity index (χ1) is 7.58. The highest BCUT2D eigenvalue weighted by Crippen LogP contribution is 2.17. The molecule has 0 saturated heterocycles. The summed E-state index contributed by atoms with van der Waals surface area (Å²) in [5.41, 5.74) is 0.0272. The Hall–Kier alpha value is -0.560. The molecule has 0 aromatic carbocycles. The van der Waals surface area contributed by atoms with Gasteiger partial charge in [-0.1, -0.05) is 43.6 Å². The van der Waals surface area contributed by atoms with Gasteiger partial charge in [0.05, 0.1) is 5.60 Å². The van der Waals surface area contributed by atoms with E-state index in [9.17, 15) is 0 Å². The monoisotopic (exact) mass is 222 g/mol. The zero-order valence-corrected chi connectivity index (χ0v) is 11.0. The molecular formula is C15H26O. The summed E-state index contributed by atoms with van der Waals surface area (Å²) in [6.45, 7) is 7.26. The van der Waals surface area contributed by atoms with Crippen LogP contribution in [0.15, 0.2) is 24.3 Å². The highest BCUT2D eigenvalue weighted by atomic mass is 16.5. The minimum Gasteiger partial charge on any atom is -0.376 e. The van der Waals surface area contributed by atoms with Gasteiger partial charge in [0.25, 0.3) is 0 Å². The summed E-state index contributed by atoms with van der Waals surface area (Å²) in [6.07, 6.45) is 15.4. The number of hydrogen-bond acceptors (Lipinski definition) is 1. The maximum Gasteiger partial charge on any atom is 0.0598 e. The second-order valence-electron chi connectivity index (χ2n) is 5.60. The average molecular weight is 222 g/mol. The Morgan fingerprint density at radius 2 is 1.56 bits per heavy atom. The van der Waals surface area contributed by atoms with Gasteiger partial charge in [-0.25, -0.2) is 0 Å². The molecule has 0 unspecified atom stereocenters. The van der Waals surface area contributed by atoms with E-state index in [1.54, 1.807) is 0 Å². The van der Waals surface area contributed by atoms with Gasteiger partial charge < -0.3 is 4.74 Å². The zero-order chi connectivity index (χ0) is 11.9. The quantitative estimate of drug-likeness (QED) is 0.576. The third kappa shape index (κ3) is 6.84. The van der Waals surface area contributed by atoms with E-state index in [4.69, 9.17) is 4.74 Å². The van der Waals surface area contributed by atoms with E-state index in [2.05, 4.69) is 45.1 Å². The van der Waals surface area contributed by atoms with E-state index in [1.165, 1.54) is 32.1 Å². The van der Waals surface area contributed by atoms with Crippen LogP contribution in [-0.2, 0) is 4.74 Å². The van der Waals surface area contributed by atoms with Crippen molar-refractivity contribution in [1.82, 2.24) is 0 Å². The molecule has 0 atom stereocenters. The van der Waals surface area contributed by atoms with Crippen LogP contribution in [0.3, 0.4) is 0 Å². The molecule has 0 N–H and O–H groups in total. The molecule has 0 spiro atoms. The number of hydrogen-bond donors (Lipinski definition) is 0. The lowest BCUT2D eigenvalue weighted by molar-refractivity contribution is -0.00475. The minimum absolute atomic E-state index is 0.0272. The van der Waals surface area contributed by atoms with Crippen molar-refractivity contribution in [3.63, 3.8) is 0 Å². The second kappa shape index (κ2) is 6.90. The van der Waals surface area contributed by atoms with Crippen LogP contribution < -0.4 is 0 Å². The summed E-state index contributed by atoms with van der Waals surface area (Å²) in [5, 5.41) is 0. The van der Waals surface area contributed by atoms with Crippen LogP contribution in [0.1, 0.15) is 52.9 Å². The van der Waals surface area contributed by atoms with Gasteiger partial charge in [-0.15, -0.1) is 0 Å². The predicted molar refractivity (Wildman–Crippen MR) is 70.6 cm³/mol. The number of ether oxygens (including phenoxy) is 1. The van der Waals surface area contributed by atoms with E-state index in [0.29, 0.717) is 5.92 Å². The van der Waals surface area contributed by atoms with Crippen LogP contribution in [0.2, 0.25) is 0 Å². The Bertz CT molecular complexity index is 220. The molecule has 92 valence electrons. The van der Waals surface area contributed by atoms with E-state index in [-0.39, 0.29) is 5.60 Å². The standard InChI is InChI=1S/C15H26O/c1-15(2,3)16-13-9-5-4-6-10-14-11-7-8-12-14/h7-8,11-12,14H,4-6,9-10,13H2,1-3H3. The van der Waals surface area contributed by atoms with Crippen LogP contribution in [0.4, 0.5) is 0 Å². The maximum absolute atomic E-state index is 5.69. The molecule has 0 aromatic rings. The number of allylic oxidation sites excluding steroid dienone is 4. The van der Waals surface area contributed by atoms with Gasteiger partial charge in [0, 0.05) is 6.61 Å². The second-order valence-corrected chi connectivity index (χ2v) is 5.60. The van der Waals surface area contributed by atoms with Crippen LogP contribution in [0.5, 0.6) is 0 Å². The minimum atomic E-state index is 0.0272. The Labute approximate surface area is 101 Å². The fraction of sp³-hybridized carbons (Fsp3) is 0.733. The summed E-state index contributed by atoms with van der Waals surface area (Å²) in [4.78, 5) is 0. The molecule has 1 aliphatic carbocycles. The molecule has 1 aliphatic rings. The first-order valence-corrected chi connectivity index (χ1v) is 6.57. The zero-order valence-electron chi connectivity index (χ0n) is 11.0. The van der Waals surface area contributed by atoms with Crippen molar-refractivity contribution in [3.05, 3.63) is 24.3 Å². The van der Waals surface area contributed by atoms with E-state index >= 15 is 0 Å². The molecule has 0 aliphatic heterocycles. The fourth-order valence-electron chi connectivity index (χ4n) is 1.88. The third-order valence-electron chi connectivity index (χ3n) is 2.79. The van der Waals surface area contributed by atoms with Crippen molar-refractivity contribution in [1.29, 1.82) is 0 Å². The molecule has 0 bridgehead atoms. The Balaban J connectivity index is 1.85. The summed E-state index contributed by atoms with van der Waals surface area (Å²) < 4.78 is 5.69. The average Bonchev–Trinajstić information content (AvgIpc) is 2.67. The van der Waals surface area contributed by atoms with Crippen molar-refractivity contribution in [2.75, 3.05) is 6.61 Å². The predicted octanol–water partition coefficient (Wildman–Crippen LogP) is 4.49. The maximum atomic E-state index is 5.69. The van der Waals surface area contributed by atoms with Crippen LogP contribution in [-0.4, -0.2) is 12.2 Å². The molecule has 0 radical (unpaired) electrons. The first-order valence-electron chi connectivity index (χ1n) is 6.57. The van der Waals surface area contributed by atoms with Gasteiger partial charge in [-0.2, -0.15) is 0 Å². The summed E-state index contributed by atoms with van der Waals surface area (Å²) in [5.74, 6) is 0.714. The molecule has 16 heavy (non-hydrogen) atoms. The van der Waals surface area contributed by atoms with E-state index in [0.717, 1.165) is 6.61 Å². The van der Waals surface area contributed by atoms with Gasteiger partial charge in [0.1, 0.15) is 0 Å². The Kier molecular flexibility index (Phi) is 5.83. The Morgan fingerprint density at radius 3 is 2.19 bits per heavy atom. The van der Waals surface area contributed by atoms with Gasteiger partial charge >= 0.3 is 0 Å². The number of rotatable bonds is 7.